The summed E-state index contributed by atoms with van der Waals surface area (Å²) < 4.78 is 4.81. The Morgan fingerprint density at radius 2 is 2.21 bits per heavy atom. The van der Waals surface area contributed by atoms with E-state index in [1.165, 1.54) is 0 Å². The predicted molar refractivity (Wildman–Crippen MR) is 68.3 cm³/mol. The topological polar surface area (TPSA) is 89.4 Å². The number of pyridine rings is 1. The summed E-state index contributed by atoms with van der Waals surface area (Å²) in [6.45, 7) is 1.88. The highest BCUT2D eigenvalue weighted by Gasteiger charge is 2.23. The largest absolute Gasteiger partial charge is 0.476 e. The van der Waals surface area contributed by atoms with Crippen LogP contribution in [0.2, 0.25) is 0 Å². The highest BCUT2D eigenvalue weighted by Crippen LogP contribution is 2.29. The molecular formula is C12H10N2O4S. The number of ether oxygens (including phenoxy) is 1. The Balaban J connectivity index is 2.48. The van der Waals surface area contributed by atoms with Gasteiger partial charge >= 0.3 is 11.9 Å². The van der Waals surface area contributed by atoms with E-state index < -0.39 is 11.9 Å². The van der Waals surface area contributed by atoms with Gasteiger partial charge in [-0.05, 0) is 19.1 Å². The Morgan fingerprint density at radius 1 is 1.42 bits per heavy atom. The first-order valence-corrected chi connectivity index (χ1v) is 6.27. The smallest absolute Gasteiger partial charge is 0.367 e. The molecule has 0 saturated carbocycles. The number of hydrogen-bond donors (Lipinski definition) is 1. The van der Waals surface area contributed by atoms with Crippen LogP contribution in [0.5, 0.6) is 0 Å². The van der Waals surface area contributed by atoms with Crippen LogP contribution in [-0.4, -0.2) is 33.6 Å². The summed E-state index contributed by atoms with van der Waals surface area (Å²) in [4.78, 5) is 30.9. The third kappa shape index (κ3) is 2.76. The van der Waals surface area contributed by atoms with Crippen molar-refractivity contribution >= 4 is 23.3 Å². The Labute approximate surface area is 112 Å². The van der Waals surface area contributed by atoms with Gasteiger partial charge in [0, 0.05) is 6.20 Å². The molecule has 19 heavy (non-hydrogen) atoms. The van der Waals surface area contributed by atoms with Gasteiger partial charge in [-0.2, -0.15) is 0 Å². The van der Waals surface area contributed by atoms with Gasteiger partial charge in [-0.15, -0.1) is 11.3 Å². The molecule has 0 aliphatic carbocycles. The van der Waals surface area contributed by atoms with Crippen molar-refractivity contribution in [3.63, 3.8) is 0 Å². The lowest BCUT2D eigenvalue weighted by Gasteiger charge is -1.96. The molecule has 7 heteroatoms. The Hall–Kier alpha value is -2.28. The van der Waals surface area contributed by atoms with Gasteiger partial charge in [-0.25, -0.2) is 14.6 Å². The number of carboxylic acid groups (broad SMARTS) is 1. The summed E-state index contributed by atoms with van der Waals surface area (Å²) in [7, 11) is 0. The van der Waals surface area contributed by atoms with E-state index in [1.807, 2.05) is 0 Å². The minimum absolute atomic E-state index is 0.0138. The van der Waals surface area contributed by atoms with E-state index in [2.05, 4.69) is 9.97 Å². The normalized spacial score (nSPS) is 10.2. The van der Waals surface area contributed by atoms with E-state index >= 15 is 0 Å². The molecule has 0 aliphatic rings. The van der Waals surface area contributed by atoms with Gasteiger partial charge in [-0.3, -0.25) is 4.98 Å². The zero-order valence-electron chi connectivity index (χ0n) is 9.99. The van der Waals surface area contributed by atoms with Crippen molar-refractivity contribution in [3.8, 4) is 10.6 Å². The van der Waals surface area contributed by atoms with Crippen LogP contribution >= 0.6 is 11.3 Å². The molecule has 0 amide bonds. The second kappa shape index (κ2) is 5.57. The zero-order valence-corrected chi connectivity index (χ0v) is 10.8. The molecule has 0 spiro atoms. The van der Waals surface area contributed by atoms with Crippen molar-refractivity contribution in [3.05, 3.63) is 35.1 Å². The number of thiazole rings is 1. The van der Waals surface area contributed by atoms with Crippen LogP contribution in [0.15, 0.2) is 24.4 Å². The first kappa shape index (κ1) is 13.2. The van der Waals surface area contributed by atoms with E-state index in [0.717, 1.165) is 11.3 Å². The lowest BCUT2D eigenvalue weighted by atomic mass is 10.2. The molecule has 0 bridgehead atoms. The number of aromatic nitrogens is 2. The third-order valence-electron chi connectivity index (χ3n) is 2.18. The standard InChI is InChI=1S/C12H10N2O4S/c1-2-18-12(17)10-14-8(11(15)16)9(19-10)7-5-3-4-6-13-7/h3-6H,2H2,1H3,(H,15,16). The van der Waals surface area contributed by atoms with Crippen LogP contribution in [0.1, 0.15) is 27.2 Å². The highest BCUT2D eigenvalue weighted by atomic mass is 32.1. The summed E-state index contributed by atoms with van der Waals surface area (Å²) in [5.41, 5.74) is 0.278. The molecule has 0 atom stereocenters. The van der Waals surface area contributed by atoms with Crippen LogP contribution in [0, 0.1) is 0 Å². The van der Waals surface area contributed by atoms with Gasteiger partial charge in [-0.1, -0.05) is 6.07 Å². The van der Waals surface area contributed by atoms with Crippen molar-refractivity contribution in [1.29, 1.82) is 0 Å². The molecule has 2 aromatic rings. The van der Waals surface area contributed by atoms with Crippen LogP contribution in [0.25, 0.3) is 10.6 Å². The molecule has 2 aromatic heterocycles. The molecule has 0 aromatic carbocycles. The quantitative estimate of drug-likeness (QED) is 0.861. The zero-order chi connectivity index (χ0) is 13.8. The van der Waals surface area contributed by atoms with E-state index in [-0.39, 0.29) is 17.3 Å². The maximum atomic E-state index is 11.6. The molecule has 0 fully saturated rings. The van der Waals surface area contributed by atoms with E-state index in [1.54, 1.807) is 31.3 Å². The fourth-order valence-electron chi connectivity index (χ4n) is 1.42. The third-order valence-corrected chi connectivity index (χ3v) is 3.24. The molecule has 2 rings (SSSR count). The Kier molecular flexibility index (Phi) is 3.86. The number of esters is 1. The maximum absolute atomic E-state index is 11.6. The second-order valence-corrected chi connectivity index (χ2v) is 4.44. The molecule has 0 aliphatic heterocycles. The van der Waals surface area contributed by atoms with Crippen LogP contribution < -0.4 is 0 Å². The first-order valence-electron chi connectivity index (χ1n) is 5.46. The average molecular weight is 278 g/mol. The molecule has 2 heterocycles. The SMILES string of the molecule is CCOC(=O)c1nc(C(=O)O)c(-c2ccccn2)s1. The molecule has 98 valence electrons. The average Bonchev–Trinajstić information content (AvgIpc) is 2.85. The van der Waals surface area contributed by atoms with E-state index in [4.69, 9.17) is 9.84 Å². The van der Waals surface area contributed by atoms with E-state index in [0.29, 0.717) is 10.6 Å². The van der Waals surface area contributed by atoms with Crippen molar-refractivity contribution in [2.45, 2.75) is 6.92 Å². The Morgan fingerprint density at radius 3 is 2.79 bits per heavy atom. The summed E-state index contributed by atoms with van der Waals surface area (Å²) in [6.07, 6.45) is 1.55. The van der Waals surface area contributed by atoms with Crippen molar-refractivity contribution in [1.82, 2.24) is 9.97 Å². The minimum Gasteiger partial charge on any atom is -0.476 e. The predicted octanol–water partition coefficient (Wildman–Crippen LogP) is 2.08. The highest BCUT2D eigenvalue weighted by molar-refractivity contribution is 7.17. The Bertz CT molecular complexity index is 609. The van der Waals surface area contributed by atoms with Crippen molar-refractivity contribution in [2.75, 3.05) is 6.61 Å². The fourth-order valence-corrected chi connectivity index (χ4v) is 2.34. The van der Waals surface area contributed by atoms with E-state index in [9.17, 15) is 9.59 Å². The number of hydrogen-bond acceptors (Lipinski definition) is 6. The number of rotatable bonds is 4. The molecule has 0 saturated heterocycles. The van der Waals surface area contributed by atoms with Gasteiger partial charge in [0.15, 0.2) is 5.69 Å². The molecule has 1 N–H and O–H groups in total. The maximum Gasteiger partial charge on any atom is 0.367 e. The number of aromatic carboxylic acids is 1. The second-order valence-electron chi connectivity index (χ2n) is 3.44. The molecular weight excluding hydrogens is 268 g/mol. The number of carbonyl (C=O) groups excluding carboxylic acids is 1. The number of carbonyl (C=O) groups is 2. The van der Waals surface area contributed by atoms with Crippen molar-refractivity contribution < 1.29 is 19.4 Å². The molecule has 6 nitrogen and oxygen atoms in total. The van der Waals surface area contributed by atoms with Gasteiger partial charge < -0.3 is 9.84 Å². The van der Waals surface area contributed by atoms with Gasteiger partial charge in [0.2, 0.25) is 5.01 Å². The number of carboxylic acids is 1. The summed E-state index contributed by atoms with van der Waals surface area (Å²) in [6, 6.07) is 5.11. The first-order chi connectivity index (χ1) is 9.13. The summed E-state index contributed by atoms with van der Waals surface area (Å²) in [5.74, 6) is -1.83. The van der Waals surface area contributed by atoms with Crippen LogP contribution in [-0.2, 0) is 4.74 Å². The van der Waals surface area contributed by atoms with Crippen molar-refractivity contribution in [2.24, 2.45) is 0 Å². The fraction of sp³-hybridized carbons (Fsp3) is 0.167. The van der Waals surface area contributed by atoms with Crippen LogP contribution in [0.3, 0.4) is 0 Å². The monoisotopic (exact) mass is 278 g/mol. The summed E-state index contributed by atoms with van der Waals surface area (Å²) in [5, 5.41) is 9.13. The van der Waals surface area contributed by atoms with Crippen LogP contribution in [0.4, 0.5) is 0 Å². The van der Waals surface area contributed by atoms with Gasteiger partial charge in [0.1, 0.15) is 0 Å². The lowest BCUT2D eigenvalue weighted by molar-refractivity contribution is 0.0526. The van der Waals surface area contributed by atoms with Gasteiger partial charge in [0.05, 0.1) is 17.2 Å². The lowest BCUT2D eigenvalue weighted by Crippen LogP contribution is -2.05. The number of nitrogens with zero attached hydrogens (tertiary/aromatic N) is 2. The van der Waals surface area contributed by atoms with Gasteiger partial charge in [0.25, 0.3) is 0 Å². The molecule has 0 unspecified atom stereocenters. The minimum atomic E-state index is -1.20. The summed E-state index contributed by atoms with van der Waals surface area (Å²) >= 11 is 0.960. The molecule has 0 radical (unpaired) electrons.